The van der Waals surface area contributed by atoms with Crippen molar-refractivity contribution in [3.05, 3.63) is 53.6 Å². The second-order valence-corrected chi connectivity index (χ2v) is 6.37. The lowest BCUT2D eigenvalue weighted by Crippen LogP contribution is -2.51. The van der Waals surface area contributed by atoms with Gasteiger partial charge in [0.25, 0.3) is 5.91 Å². The lowest BCUT2D eigenvalue weighted by molar-refractivity contribution is -0.140. The Morgan fingerprint density at radius 2 is 1.80 bits per heavy atom. The summed E-state index contributed by atoms with van der Waals surface area (Å²) in [5, 5.41) is 6.72. The number of rotatable bonds is 5. The number of carbonyl (C=O) groups excluding carboxylic acids is 1. The Bertz CT molecular complexity index is 728. The van der Waals surface area contributed by atoms with Crippen LogP contribution in [0.3, 0.4) is 0 Å². The quantitative estimate of drug-likeness (QED) is 0.850. The largest absolute Gasteiger partial charge is 0.456 e. The minimum Gasteiger partial charge on any atom is -0.456 e. The summed E-state index contributed by atoms with van der Waals surface area (Å²) in [6, 6.07) is 14.5. The summed E-state index contributed by atoms with van der Waals surface area (Å²) in [5.41, 5.74) is -0.0655. The molecule has 0 aromatic heterocycles. The average molecular weight is 361 g/mol. The number of amides is 1. The number of anilines is 1. The average Bonchev–Trinajstić information content (AvgIpc) is 2.65. The highest BCUT2D eigenvalue weighted by Gasteiger charge is 2.39. The van der Waals surface area contributed by atoms with Gasteiger partial charge in [-0.05, 0) is 62.3 Å². The summed E-state index contributed by atoms with van der Waals surface area (Å²) in [5.74, 6) is 1.12. The highest BCUT2D eigenvalue weighted by Crippen LogP contribution is 2.30. The van der Waals surface area contributed by atoms with Gasteiger partial charge in [0.05, 0.1) is 5.02 Å². The molecule has 0 atom stereocenters. The molecule has 1 aliphatic rings. The van der Waals surface area contributed by atoms with E-state index in [9.17, 15) is 4.79 Å². The molecule has 1 saturated heterocycles. The van der Waals surface area contributed by atoms with Crippen LogP contribution in [0, 0.1) is 0 Å². The zero-order valence-electron chi connectivity index (χ0n) is 14.0. The monoisotopic (exact) mass is 360 g/mol. The van der Waals surface area contributed by atoms with Crippen LogP contribution in [0.4, 0.5) is 5.69 Å². The molecule has 0 aliphatic carbocycles. The van der Waals surface area contributed by atoms with Gasteiger partial charge >= 0.3 is 0 Å². The second-order valence-electron chi connectivity index (χ2n) is 5.96. The van der Waals surface area contributed by atoms with Gasteiger partial charge in [-0.2, -0.15) is 0 Å². The van der Waals surface area contributed by atoms with Gasteiger partial charge in [-0.3, -0.25) is 4.79 Å². The third kappa shape index (κ3) is 4.12. The first-order valence-electron chi connectivity index (χ1n) is 8.23. The fraction of sp³-hybridized carbons (Fsp3) is 0.316. The highest BCUT2D eigenvalue weighted by molar-refractivity contribution is 6.32. The smallest absolute Gasteiger partial charge is 0.256 e. The molecule has 0 bridgehead atoms. The molecule has 1 fully saturated rings. The fourth-order valence-corrected chi connectivity index (χ4v) is 3.03. The van der Waals surface area contributed by atoms with Crippen LogP contribution in [0.2, 0.25) is 5.02 Å². The van der Waals surface area contributed by atoms with Crippen LogP contribution in [-0.4, -0.2) is 31.7 Å². The number of ether oxygens (including phenoxy) is 2. The van der Waals surface area contributed by atoms with Crippen molar-refractivity contribution in [2.24, 2.45) is 0 Å². The van der Waals surface area contributed by atoms with E-state index >= 15 is 0 Å². The van der Waals surface area contributed by atoms with Crippen molar-refractivity contribution in [3.8, 4) is 11.5 Å². The van der Waals surface area contributed by atoms with Crippen molar-refractivity contribution >= 4 is 23.2 Å². The van der Waals surface area contributed by atoms with Crippen molar-refractivity contribution in [3.63, 3.8) is 0 Å². The van der Waals surface area contributed by atoms with E-state index < -0.39 is 5.60 Å². The Balaban J connectivity index is 1.66. The van der Waals surface area contributed by atoms with Crippen LogP contribution in [0.5, 0.6) is 11.5 Å². The molecule has 0 spiro atoms. The topological polar surface area (TPSA) is 59.6 Å². The predicted molar refractivity (Wildman–Crippen MR) is 98.4 cm³/mol. The molecule has 1 heterocycles. The van der Waals surface area contributed by atoms with Crippen LogP contribution in [0.25, 0.3) is 0 Å². The van der Waals surface area contributed by atoms with E-state index in [0.717, 1.165) is 13.1 Å². The number of halogens is 1. The highest BCUT2D eigenvalue weighted by atomic mass is 35.5. The number of methoxy groups -OCH3 is 1. The number of benzene rings is 2. The molecule has 0 saturated carbocycles. The fourth-order valence-electron chi connectivity index (χ4n) is 2.86. The van der Waals surface area contributed by atoms with Gasteiger partial charge < -0.3 is 20.1 Å². The molecule has 2 aromatic rings. The molecule has 2 N–H and O–H groups in total. The van der Waals surface area contributed by atoms with E-state index in [2.05, 4.69) is 10.6 Å². The van der Waals surface area contributed by atoms with Gasteiger partial charge in [0.15, 0.2) is 0 Å². The second kappa shape index (κ2) is 7.87. The SMILES string of the molecule is COC1(C(=O)Nc2ccc(Oc3ccccc3Cl)cc2)CCNCC1. The third-order valence-corrected chi connectivity index (χ3v) is 4.70. The Morgan fingerprint density at radius 3 is 2.44 bits per heavy atom. The van der Waals surface area contributed by atoms with Gasteiger partial charge in [0, 0.05) is 12.8 Å². The summed E-state index contributed by atoms with van der Waals surface area (Å²) < 4.78 is 11.3. The van der Waals surface area contributed by atoms with Crippen molar-refractivity contribution in [1.82, 2.24) is 5.32 Å². The molecule has 1 aliphatic heterocycles. The van der Waals surface area contributed by atoms with E-state index in [-0.39, 0.29) is 5.91 Å². The number of hydrogen-bond donors (Lipinski definition) is 2. The molecule has 5 nitrogen and oxygen atoms in total. The standard InChI is InChI=1S/C19H21ClN2O3/c1-24-19(10-12-21-13-11-19)18(23)22-14-6-8-15(9-7-14)25-17-5-3-2-4-16(17)20/h2-9,21H,10-13H2,1H3,(H,22,23). The number of para-hydroxylation sites is 1. The maximum Gasteiger partial charge on any atom is 0.256 e. The van der Waals surface area contributed by atoms with Crippen LogP contribution in [-0.2, 0) is 9.53 Å². The predicted octanol–water partition coefficient (Wildman–Crippen LogP) is 3.84. The van der Waals surface area contributed by atoms with Gasteiger partial charge in [-0.15, -0.1) is 0 Å². The zero-order valence-corrected chi connectivity index (χ0v) is 14.8. The molecule has 2 aromatic carbocycles. The lowest BCUT2D eigenvalue weighted by Gasteiger charge is -2.34. The minimum absolute atomic E-state index is 0.115. The Kier molecular flexibility index (Phi) is 5.58. The summed E-state index contributed by atoms with van der Waals surface area (Å²) in [6.45, 7) is 1.54. The van der Waals surface area contributed by atoms with Gasteiger partial charge in [-0.1, -0.05) is 23.7 Å². The van der Waals surface area contributed by atoms with Crippen molar-refractivity contribution in [1.29, 1.82) is 0 Å². The molecule has 25 heavy (non-hydrogen) atoms. The Labute approximate surface area is 152 Å². The van der Waals surface area contributed by atoms with Gasteiger partial charge in [0.2, 0.25) is 0 Å². The number of hydrogen-bond acceptors (Lipinski definition) is 4. The van der Waals surface area contributed by atoms with Crippen molar-refractivity contribution < 1.29 is 14.3 Å². The molecule has 6 heteroatoms. The Hall–Kier alpha value is -2.08. The molecular weight excluding hydrogens is 340 g/mol. The van der Waals surface area contributed by atoms with E-state index in [0.29, 0.717) is 35.1 Å². The number of piperidine rings is 1. The number of nitrogens with one attached hydrogen (secondary N) is 2. The summed E-state index contributed by atoms with van der Waals surface area (Å²) in [7, 11) is 1.59. The maximum absolute atomic E-state index is 12.6. The van der Waals surface area contributed by atoms with Crippen LogP contribution in [0.15, 0.2) is 48.5 Å². The lowest BCUT2D eigenvalue weighted by atomic mass is 9.91. The van der Waals surface area contributed by atoms with E-state index in [1.165, 1.54) is 0 Å². The maximum atomic E-state index is 12.6. The summed E-state index contributed by atoms with van der Waals surface area (Å²) in [6.07, 6.45) is 1.31. The molecule has 0 unspecified atom stereocenters. The molecule has 3 rings (SSSR count). The first-order valence-corrected chi connectivity index (χ1v) is 8.60. The van der Waals surface area contributed by atoms with Crippen molar-refractivity contribution in [2.75, 3.05) is 25.5 Å². The molecule has 0 radical (unpaired) electrons. The third-order valence-electron chi connectivity index (χ3n) is 4.39. The van der Waals surface area contributed by atoms with Crippen LogP contribution in [0.1, 0.15) is 12.8 Å². The minimum atomic E-state index is -0.766. The van der Waals surface area contributed by atoms with Gasteiger partial charge in [0.1, 0.15) is 17.1 Å². The Morgan fingerprint density at radius 1 is 1.12 bits per heavy atom. The van der Waals surface area contributed by atoms with E-state index in [4.69, 9.17) is 21.1 Å². The zero-order chi connectivity index (χ0) is 17.7. The first-order chi connectivity index (χ1) is 12.1. The van der Waals surface area contributed by atoms with Crippen LogP contribution >= 0.6 is 11.6 Å². The normalized spacial score (nSPS) is 16.2. The van der Waals surface area contributed by atoms with E-state index in [1.54, 1.807) is 43.5 Å². The molecule has 132 valence electrons. The molecule has 1 amide bonds. The summed E-state index contributed by atoms with van der Waals surface area (Å²) in [4.78, 5) is 12.6. The number of carbonyl (C=O) groups is 1. The first kappa shape index (κ1) is 17.7. The van der Waals surface area contributed by atoms with Gasteiger partial charge in [-0.25, -0.2) is 0 Å². The van der Waals surface area contributed by atoms with E-state index in [1.807, 2.05) is 12.1 Å². The van der Waals surface area contributed by atoms with Crippen molar-refractivity contribution in [2.45, 2.75) is 18.4 Å². The molecular formula is C19H21ClN2O3. The summed E-state index contributed by atoms with van der Waals surface area (Å²) >= 11 is 6.09. The van der Waals surface area contributed by atoms with Crippen LogP contribution < -0.4 is 15.4 Å².